The summed E-state index contributed by atoms with van der Waals surface area (Å²) < 4.78 is 0. The topological polar surface area (TPSA) is 92.5 Å². The molecule has 0 saturated heterocycles. The fourth-order valence-corrected chi connectivity index (χ4v) is 2.94. The van der Waals surface area contributed by atoms with Crippen LogP contribution in [-0.2, 0) is 4.79 Å². The summed E-state index contributed by atoms with van der Waals surface area (Å²) >= 11 is 0. The monoisotopic (exact) mass is 292 g/mol. The molecule has 6 nitrogen and oxygen atoms in total. The zero-order valence-corrected chi connectivity index (χ0v) is 12.0. The number of carboxylic acid groups (broad SMARTS) is 1. The first-order chi connectivity index (χ1) is 9.99. The summed E-state index contributed by atoms with van der Waals surface area (Å²) in [7, 11) is 0. The minimum Gasteiger partial charge on any atom is -0.481 e. The quantitative estimate of drug-likeness (QED) is 0.642. The molecular formula is C15H20N2O4. The Morgan fingerprint density at radius 2 is 2.14 bits per heavy atom. The van der Waals surface area contributed by atoms with Gasteiger partial charge in [-0.25, -0.2) is 0 Å². The zero-order valence-electron chi connectivity index (χ0n) is 12.0. The number of nitrogens with zero attached hydrogens (tertiary/aromatic N) is 1. The van der Waals surface area contributed by atoms with Gasteiger partial charge in [-0.05, 0) is 31.7 Å². The Bertz CT molecular complexity index is 544. The van der Waals surface area contributed by atoms with Crippen LogP contribution in [0.4, 0.5) is 11.4 Å². The molecule has 1 aliphatic rings. The fraction of sp³-hybridized carbons (Fsp3) is 0.533. The van der Waals surface area contributed by atoms with E-state index in [2.05, 4.69) is 5.32 Å². The van der Waals surface area contributed by atoms with Crippen LogP contribution in [0.5, 0.6) is 0 Å². The lowest BCUT2D eigenvalue weighted by atomic mass is 9.79. The van der Waals surface area contributed by atoms with Gasteiger partial charge in [0, 0.05) is 23.9 Å². The van der Waals surface area contributed by atoms with E-state index >= 15 is 0 Å². The highest BCUT2D eigenvalue weighted by atomic mass is 16.6. The van der Waals surface area contributed by atoms with Gasteiger partial charge in [0.2, 0.25) is 0 Å². The smallest absolute Gasteiger partial charge is 0.306 e. The number of carbonyl (C=O) groups is 1. The minimum absolute atomic E-state index is 0.0802. The predicted octanol–water partition coefficient (Wildman–Crippen LogP) is 3.21. The van der Waals surface area contributed by atoms with Crippen LogP contribution in [0.2, 0.25) is 0 Å². The molecule has 21 heavy (non-hydrogen) atoms. The zero-order chi connectivity index (χ0) is 15.4. The first-order valence-electron chi connectivity index (χ1n) is 7.20. The molecule has 2 N–H and O–H groups in total. The van der Waals surface area contributed by atoms with Gasteiger partial charge in [0.25, 0.3) is 5.69 Å². The molecule has 2 unspecified atom stereocenters. The summed E-state index contributed by atoms with van der Waals surface area (Å²) in [6.07, 6.45) is 3.61. The van der Waals surface area contributed by atoms with Crippen molar-refractivity contribution in [2.75, 3.05) is 11.9 Å². The van der Waals surface area contributed by atoms with Gasteiger partial charge in [-0.2, -0.15) is 0 Å². The largest absolute Gasteiger partial charge is 0.481 e. The Balaban J connectivity index is 2.03. The van der Waals surface area contributed by atoms with Crippen LogP contribution in [0.25, 0.3) is 0 Å². The molecule has 0 amide bonds. The Kier molecular flexibility index (Phi) is 4.77. The number of nitro groups is 1. The molecule has 2 atom stereocenters. The van der Waals surface area contributed by atoms with Gasteiger partial charge in [0.15, 0.2) is 0 Å². The molecule has 0 aliphatic heterocycles. The van der Waals surface area contributed by atoms with Crippen LogP contribution in [-0.4, -0.2) is 22.5 Å². The van der Waals surface area contributed by atoms with E-state index in [9.17, 15) is 20.0 Å². The molecule has 0 radical (unpaired) electrons. The molecule has 0 spiro atoms. The minimum atomic E-state index is -0.739. The molecule has 1 fully saturated rings. The lowest BCUT2D eigenvalue weighted by Crippen LogP contribution is -2.31. The molecule has 0 bridgehead atoms. The van der Waals surface area contributed by atoms with E-state index in [4.69, 9.17) is 0 Å². The third-order valence-electron chi connectivity index (χ3n) is 4.20. The van der Waals surface area contributed by atoms with Crippen molar-refractivity contribution in [3.63, 3.8) is 0 Å². The molecule has 2 rings (SSSR count). The van der Waals surface area contributed by atoms with Crippen LogP contribution >= 0.6 is 0 Å². The van der Waals surface area contributed by atoms with E-state index in [1.165, 1.54) is 6.07 Å². The van der Waals surface area contributed by atoms with E-state index in [1.54, 1.807) is 19.1 Å². The lowest BCUT2D eigenvalue weighted by Gasteiger charge is -2.28. The van der Waals surface area contributed by atoms with Crippen molar-refractivity contribution in [1.29, 1.82) is 0 Å². The molecular weight excluding hydrogens is 272 g/mol. The Morgan fingerprint density at radius 3 is 2.81 bits per heavy atom. The average molecular weight is 292 g/mol. The standard InChI is InChI=1S/C15H20N2O4/c1-10-6-7-12(8-14(10)17(20)21)16-9-11-4-2-3-5-13(11)15(18)19/h6-8,11,13,16H,2-5,9H2,1H3,(H,18,19). The summed E-state index contributed by atoms with van der Waals surface area (Å²) in [5.41, 5.74) is 1.37. The van der Waals surface area contributed by atoms with Crippen molar-refractivity contribution < 1.29 is 14.8 Å². The van der Waals surface area contributed by atoms with E-state index in [0.717, 1.165) is 25.7 Å². The van der Waals surface area contributed by atoms with Crippen LogP contribution in [0.3, 0.4) is 0 Å². The van der Waals surface area contributed by atoms with Gasteiger partial charge in [0.1, 0.15) is 0 Å². The van der Waals surface area contributed by atoms with Gasteiger partial charge in [-0.15, -0.1) is 0 Å². The van der Waals surface area contributed by atoms with E-state index in [0.29, 0.717) is 17.8 Å². The van der Waals surface area contributed by atoms with Crippen molar-refractivity contribution in [2.24, 2.45) is 11.8 Å². The maximum absolute atomic E-state index is 11.2. The molecule has 1 aromatic carbocycles. The number of aryl methyl sites for hydroxylation is 1. The number of rotatable bonds is 5. The molecule has 114 valence electrons. The predicted molar refractivity (Wildman–Crippen MR) is 79.4 cm³/mol. The fourth-order valence-electron chi connectivity index (χ4n) is 2.94. The Morgan fingerprint density at radius 1 is 1.43 bits per heavy atom. The van der Waals surface area contributed by atoms with Gasteiger partial charge in [0.05, 0.1) is 10.8 Å². The summed E-state index contributed by atoms with van der Waals surface area (Å²) in [5, 5.41) is 23.3. The van der Waals surface area contributed by atoms with Gasteiger partial charge < -0.3 is 10.4 Å². The van der Waals surface area contributed by atoms with Crippen molar-refractivity contribution >= 4 is 17.3 Å². The first-order valence-corrected chi connectivity index (χ1v) is 7.20. The number of anilines is 1. The van der Waals surface area contributed by atoms with Gasteiger partial charge >= 0.3 is 5.97 Å². The van der Waals surface area contributed by atoms with Crippen molar-refractivity contribution in [2.45, 2.75) is 32.6 Å². The molecule has 1 aromatic rings. The maximum Gasteiger partial charge on any atom is 0.306 e. The third kappa shape index (κ3) is 3.71. The molecule has 0 aromatic heterocycles. The number of benzene rings is 1. The van der Waals surface area contributed by atoms with Gasteiger partial charge in [-0.1, -0.05) is 18.9 Å². The van der Waals surface area contributed by atoms with E-state index in [-0.39, 0.29) is 17.5 Å². The second-order valence-corrected chi connectivity index (χ2v) is 5.63. The van der Waals surface area contributed by atoms with Crippen LogP contribution < -0.4 is 5.32 Å². The summed E-state index contributed by atoms with van der Waals surface area (Å²) in [6.45, 7) is 2.24. The molecule has 1 saturated carbocycles. The lowest BCUT2D eigenvalue weighted by molar-refractivity contribution is -0.385. The average Bonchev–Trinajstić information content (AvgIpc) is 2.46. The maximum atomic E-state index is 11.2. The number of nitro benzene ring substituents is 1. The summed E-state index contributed by atoms with van der Waals surface area (Å²) in [4.78, 5) is 21.8. The number of aliphatic carboxylic acids is 1. The highest BCUT2D eigenvalue weighted by Crippen LogP contribution is 2.31. The highest BCUT2D eigenvalue weighted by Gasteiger charge is 2.30. The third-order valence-corrected chi connectivity index (χ3v) is 4.20. The van der Waals surface area contributed by atoms with Crippen molar-refractivity contribution in [3.8, 4) is 0 Å². The molecule has 0 heterocycles. The van der Waals surface area contributed by atoms with Crippen LogP contribution in [0, 0.1) is 28.9 Å². The highest BCUT2D eigenvalue weighted by molar-refractivity contribution is 5.70. The number of nitrogens with one attached hydrogen (secondary N) is 1. The SMILES string of the molecule is Cc1ccc(NCC2CCCCC2C(=O)O)cc1[N+](=O)[O-]. The normalized spacial score (nSPS) is 21.8. The second-order valence-electron chi connectivity index (χ2n) is 5.63. The number of hydrogen-bond acceptors (Lipinski definition) is 4. The number of carboxylic acids is 1. The second kappa shape index (κ2) is 6.56. The van der Waals surface area contributed by atoms with E-state index < -0.39 is 10.9 Å². The van der Waals surface area contributed by atoms with Gasteiger partial charge in [-0.3, -0.25) is 14.9 Å². The summed E-state index contributed by atoms with van der Waals surface area (Å²) in [5.74, 6) is -0.973. The van der Waals surface area contributed by atoms with Crippen LogP contribution in [0.1, 0.15) is 31.2 Å². The Labute approximate surface area is 123 Å². The summed E-state index contributed by atoms with van der Waals surface area (Å²) in [6, 6.07) is 5.00. The van der Waals surface area contributed by atoms with Crippen molar-refractivity contribution in [3.05, 3.63) is 33.9 Å². The molecule has 6 heteroatoms. The Hall–Kier alpha value is -2.11. The van der Waals surface area contributed by atoms with Crippen molar-refractivity contribution in [1.82, 2.24) is 0 Å². The van der Waals surface area contributed by atoms with E-state index in [1.807, 2.05) is 0 Å². The van der Waals surface area contributed by atoms with Crippen LogP contribution in [0.15, 0.2) is 18.2 Å². The molecule has 1 aliphatic carbocycles. The number of hydrogen-bond donors (Lipinski definition) is 2. The first kappa shape index (κ1) is 15.3.